The number of hydrogen-bond donors (Lipinski definition) is 2. The second-order valence-electron chi connectivity index (χ2n) is 5.28. The lowest BCUT2D eigenvalue weighted by Crippen LogP contribution is -2.39. The van der Waals surface area contributed by atoms with Crippen LogP contribution in [-0.2, 0) is 9.53 Å². The van der Waals surface area contributed by atoms with Crippen LogP contribution in [0.25, 0.3) is 0 Å². The summed E-state index contributed by atoms with van der Waals surface area (Å²) in [6.45, 7) is 5.43. The Morgan fingerprint density at radius 1 is 1.35 bits per heavy atom. The van der Waals surface area contributed by atoms with E-state index in [0.29, 0.717) is 5.96 Å². The summed E-state index contributed by atoms with van der Waals surface area (Å²) in [4.78, 5) is 17.3. The molecule has 0 saturated heterocycles. The molecule has 0 aromatic rings. The number of aliphatic imine (C=N–C) groups is 1. The van der Waals surface area contributed by atoms with E-state index in [9.17, 15) is 4.79 Å². The third-order valence-corrected chi connectivity index (χ3v) is 3.02. The summed E-state index contributed by atoms with van der Waals surface area (Å²) in [6.07, 6.45) is 3.60. The lowest BCUT2D eigenvalue weighted by Gasteiger charge is -2.12. The van der Waals surface area contributed by atoms with E-state index in [-0.39, 0.29) is 12.5 Å². The second-order valence-corrected chi connectivity index (χ2v) is 5.28. The molecular weight excluding hydrogens is 256 g/mol. The zero-order valence-electron chi connectivity index (χ0n) is 12.9. The van der Waals surface area contributed by atoms with Crippen molar-refractivity contribution in [2.24, 2.45) is 10.9 Å². The summed E-state index contributed by atoms with van der Waals surface area (Å²) in [5, 5.41) is 6.33. The van der Waals surface area contributed by atoms with Crippen molar-refractivity contribution >= 4 is 11.9 Å². The van der Waals surface area contributed by atoms with E-state index in [0.717, 1.165) is 38.6 Å². The van der Waals surface area contributed by atoms with Crippen LogP contribution in [0, 0.1) is 5.92 Å². The van der Waals surface area contributed by atoms with Crippen molar-refractivity contribution in [3.05, 3.63) is 0 Å². The molecule has 1 rings (SSSR count). The van der Waals surface area contributed by atoms with Gasteiger partial charge in [-0.25, -0.2) is 4.99 Å². The zero-order chi connectivity index (χ0) is 14.8. The van der Waals surface area contributed by atoms with E-state index >= 15 is 0 Å². The number of amides is 1. The fraction of sp³-hybridized carbons (Fsp3) is 0.857. The monoisotopic (exact) mass is 284 g/mol. The Balaban J connectivity index is 2.12. The smallest absolute Gasteiger partial charge is 0.243 e. The maximum absolute atomic E-state index is 11.5. The third kappa shape index (κ3) is 7.99. The molecule has 2 N–H and O–H groups in total. The van der Waals surface area contributed by atoms with Gasteiger partial charge in [0.25, 0.3) is 0 Å². The summed E-state index contributed by atoms with van der Waals surface area (Å²) in [6, 6.07) is 0. The van der Waals surface area contributed by atoms with Gasteiger partial charge in [-0.1, -0.05) is 0 Å². The van der Waals surface area contributed by atoms with E-state index < -0.39 is 0 Å². The molecule has 1 fully saturated rings. The molecule has 1 aliphatic rings. The molecule has 0 bridgehead atoms. The molecule has 0 aromatic heterocycles. The normalized spacial score (nSPS) is 15.1. The highest BCUT2D eigenvalue weighted by atomic mass is 16.5. The molecule has 116 valence electrons. The Morgan fingerprint density at radius 2 is 2.10 bits per heavy atom. The highest BCUT2D eigenvalue weighted by Gasteiger charge is 2.20. The van der Waals surface area contributed by atoms with Crippen molar-refractivity contribution in [1.29, 1.82) is 0 Å². The molecule has 0 radical (unpaired) electrons. The highest BCUT2D eigenvalue weighted by Crippen LogP contribution is 2.28. The number of guanidine groups is 1. The Hall–Kier alpha value is -1.30. The van der Waals surface area contributed by atoms with Crippen molar-refractivity contribution in [1.82, 2.24) is 15.5 Å². The van der Waals surface area contributed by atoms with Gasteiger partial charge >= 0.3 is 0 Å². The van der Waals surface area contributed by atoms with Crippen molar-refractivity contribution in [3.63, 3.8) is 0 Å². The number of nitrogens with one attached hydrogen (secondary N) is 2. The first-order valence-corrected chi connectivity index (χ1v) is 7.43. The number of likely N-dealkylation sites (N-methyl/N-ethyl adjacent to an activating group) is 1. The molecule has 0 spiro atoms. The van der Waals surface area contributed by atoms with Crippen LogP contribution in [0.1, 0.15) is 26.2 Å². The van der Waals surface area contributed by atoms with Gasteiger partial charge in [-0.05, 0) is 32.1 Å². The first-order chi connectivity index (χ1) is 9.63. The summed E-state index contributed by atoms with van der Waals surface area (Å²) < 4.78 is 5.57. The second kappa shape index (κ2) is 9.58. The average Bonchev–Trinajstić information content (AvgIpc) is 3.23. The Morgan fingerprint density at radius 3 is 2.70 bits per heavy atom. The first-order valence-electron chi connectivity index (χ1n) is 7.43. The zero-order valence-corrected chi connectivity index (χ0v) is 12.9. The van der Waals surface area contributed by atoms with Gasteiger partial charge in [-0.15, -0.1) is 0 Å². The first kappa shape index (κ1) is 16.8. The van der Waals surface area contributed by atoms with E-state index in [4.69, 9.17) is 4.74 Å². The molecule has 0 unspecified atom stereocenters. The van der Waals surface area contributed by atoms with Gasteiger partial charge < -0.3 is 20.3 Å². The topological polar surface area (TPSA) is 66.0 Å². The predicted molar refractivity (Wildman–Crippen MR) is 80.8 cm³/mol. The van der Waals surface area contributed by atoms with Crippen LogP contribution >= 0.6 is 0 Å². The molecule has 1 aliphatic carbocycles. The van der Waals surface area contributed by atoms with E-state index in [1.165, 1.54) is 12.8 Å². The minimum Gasteiger partial charge on any atom is -0.381 e. The van der Waals surface area contributed by atoms with Crippen molar-refractivity contribution in [3.8, 4) is 0 Å². The fourth-order valence-corrected chi connectivity index (χ4v) is 1.55. The summed E-state index contributed by atoms with van der Waals surface area (Å²) in [5.41, 5.74) is 0. The van der Waals surface area contributed by atoms with Gasteiger partial charge in [0.05, 0.1) is 0 Å². The maximum atomic E-state index is 11.5. The van der Waals surface area contributed by atoms with Gasteiger partial charge in [-0.2, -0.15) is 0 Å². The van der Waals surface area contributed by atoms with Crippen molar-refractivity contribution in [2.75, 3.05) is 46.9 Å². The molecule has 6 heteroatoms. The average molecular weight is 284 g/mol. The maximum Gasteiger partial charge on any atom is 0.243 e. The van der Waals surface area contributed by atoms with E-state index in [1.807, 2.05) is 6.92 Å². The number of nitrogens with zero attached hydrogens (tertiary/aromatic N) is 2. The standard InChI is InChI=1S/C14H28N4O2/c1-4-15-14(17-10-13(19)18(2)3)16-8-5-9-20-11-12-6-7-12/h12H,4-11H2,1-3H3,(H2,15,16,17). The van der Waals surface area contributed by atoms with Gasteiger partial charge in [0.15, 0.2) is 5.96 Å². The van der Waals surface area contributed by atoms with Crippen molar-refractivity contribution < 1.29 is 9.53 Å². The van der Waals surface area contributed by atoms with E-state index in [2.05, 4.69) is 15.6 Å². The molecule has 1 saturated carbocycles. The summed E-state index contributed by atoms with van der Waals surface area (Å²) >= 11 is 0. The summed E-state index contributed by atoms with van der Waals surface area (Å²) in [7, 11) is 3.46. The number of carbonyl (C=O) groups is 1. The molecule has 0 heterocycles. The van der Waals surface area contributed by atoms with Gasteiger partial charge in [0, 0.05) is 40.4 Å². The van der Waals surface area contributed by atoms with Crippen LogP contribution in [0.15, 0.2) is 4.99 Å². The lowest BCUT2D eigenvalue weighted by molar-refractivity contribution is -0.127. The SMILES string of the molecule is CCNC(=NCC(=O)N(C)C)NCCCOCC1CC1. The quantitative estimate of drug-likeness (QED) is 0.366. The fourth-order valence-electron chi connectivity index (χ4n) is 1.55. The van der Waals surface area contributed by atoms with Crippen LogP contribution in [-0.4, -0.2) is 63.7 Å². The highest BCUT2D eigenvalue weighted by molar-refractivity contribution is 5.84. The van der Waals surface area contributed by atoms with Crippen LogP contribution in [0.3, 0.4) is 0 Å². The van der Waals surface area contributed by atoms with Gasteiger partial charge in [0.2, 0.25) is 5.91 Å². The lowest BCUT2D eigenvalue weighted by atomic mass is 10.4. The molecule has 0 atom stereocenters. The summed E-state index contributed by atoms with van der Waals surface area (Å²) in [5.74, 6) is 1.50. The predicted octanol–water partition coefficient (Wildman–Crippen LogP) is 0.446. The third-order valence-electron chi connectivity index (χ3n) is 3.02. The largest absolute Gasteiger partial charge is 0.381 e. The molecule has 1 amide bonds. The number of rotatable bonds is 9. The Labute approximate surface area is 122 Å². The molecule has 0 aromatic carbocycles. The minimum absolute atomic E-state index is 0.00466. The van der Waals surface area contributed by atoms with E-state index in [1.54, 1.807) is 19.0 Å². The van der Waals surface area contributed by atoms with Crippen LogP contribution in [0.5, 0.6) is 0 Å². The van der Waals surface area contributed by atoms with Gasteiger partial charge in [0.1, 0.15) is 6.54 Å². The van der Waals surface area contributed by atoms with Crippen LogP contribution < -0.4 is 10.6 Å². The van der Waals surface area contributed by atoms with Crippen molar-refractivity contribution in [2.45, 2.75) is 26.2 Å². The minimum atomic E-state index is -0.00466. The Bertz CT molecular complexity index is 314. The number of ether oxygens (including phenoxy) is 1. The van der Waals surface area contributed by atoms with Crippen LogP contribution in [0.4, 0.5) is 0 Å². The molecular formula is C14H28N4O2. The number of carbonyl (C=O) groups excluding carboxylic acids is 1. The Kier molecular flexibility index (Phi) is 8.02. The molecule has 6 nitrogen and oxygen atoms in total. The number of hydrogen-bond acceptors (Lipinski definition) is 3. The van der Waals surface area contributed by atoms with Gasteiger partial charge in [-0.3, -0.25) is 4.79 Å². The molecule has 20 heavy (non-hydrogen) atoms. The molecule has 0 aliphatic heterocycles. The van der Waals surface area contributed by atoms with Crippen LogP contribution in [0.2, 0.25) is 0 Å².